The van der Waals surface area contributed by atoms with E-state index in [1.165, 1.54) is 10.5 Å². The molecule has 1 aromatic heterocycles. The first-order valence-electron chi connectivity index (χ1n) is 13.8. The summed E-state index contributed by atoms with van der Waals surface area (Å²) >= 11 is 1.67. The van der Waals surface area contributed by atoms with Gasteiger partial charge >= 0.3 is 0 Å². The average molecular weight is 530 g/mol. The van der Waals surface area contributed by atoms with E-state index in [0.29, 0.717) is 18.4 Å². The number of likely N-dealkylation sites (tertiary alicyclic amines) is 2. The topological polar surface area (TPSA) is 77.6 Å². The summed E-state index contributed by atoms with van der Waals surface area (Å²) in [5.41, 5.74) is 1.40. The second-order valence-corrected chi connectivity index (χ2v) is 13.0. The van der Waals surface area contributed by atoms with Gasteiger partial charge in [-0.3, -0.25) is 9.59 Å². The van der Waals surface area contributed by atoms with Crippen LogP contribution in [0.1, 0.15) is 63.3 Å². The van der Waals surface area contributed by atoms with Crippen molar-refractivity contribution in [3.63, 3.8) is 0 Å². The SMILES string of the molecule is CNC1CCC(C)CN(CC2=CC(C)(C)C=C2)C1=O.CNC1CCC(C)CN(Cc2cnc(C)s2)C1=O. The Balaban J connectivity index is 0.000000206. The number of hydrogen-bond donors (Lipinski definition) is 2. The minimum Gasteiger partial charge on any atom is -0.337 e. The van der Waals surface area contributed by atoms with Crippen molar-refractivity contribution in [3.8, 4) is 0 Å². The van der Waals surface area contributed by atoms with Crippen LogP contribution in [-0.2, 0) is 16.1 Å². The van der Waals surface area contributed by atoms with E-state index in [1.54, 1.807) is 11.3 Å². The number of hydrogen-bond acceptors (Lipinski definition) is 6. The van der Waals surface area contributed by atoms with Gasteiger partial charge < -0.3 is 20.4 Å². The zero-order valence-corrected chi connectivity index (χ0v) is 24.7. The first-order valence-corrected chi connectivity index (χ1v) is 14.6. The Kier molecular flexibility index (Phi) is 10.5. The molecule has 0 spiro atoms. The minimum absolute atomic E-state index is 0.0102. The van der Waals surface area contributed by atoms with E-state index in [4.69, 9.17) is 0 Å². The maximum Gasteiger partial charge on any atom is 0.240 e. The maximum atomic E-state index is 12.5. The normalized spacial score (nSPS) is 27.9. The lowest BCUT2D eigenvalue weighted by Crippen LogP contribution is -2.44. The summed E-state index contributed by atoms with van der Waals surface area (Å²) in [7, 11) is 3.75. The van der Waals surface area contributed by atoms with Gasteiger partial charge in [-0.15, -0.1) is 11.3 Å². The predicted octanol–water partition coefficient (Wildman–Crippen LogP) is 4.15. The second kappa shape index (κ2) is 13.2. The van der Waals surface area contributed by atoms with Crippen LogP contribution in [0.5, 0.6) is 0 Å². The minimum atomic E-state index is -0.0241. The summed E-state index contributed by atoms with van der Waals surface area (Å²) in [4.78, 5) is 34.3. The number of amides is 2. The van der Waals surface area contributed by atoms with Crippen LogP contribution in [0.3, 0.4) is 0 Å². The molecule has 7 nitrogen and oxygen atoms in total. The van der Waals surface area contributed by atoms with Gasteiger partial charge in [0.1, 0.15) is 0 Å². The van der Waals surface area contributed by atoms with Gasteiger partial charge in [-0.05, 0) is 64.1 Å². The van der Waals surface area contributed by atoms with Crippen molar-refractivity contribution in [1.82, 2.24) is 25.4 Å². The molecule has 206 valence electrons. The molecule has 3 aliphatic rings. The second-order valence-electron chi connectivity index (χ2n) is 11.7. The molecule has 2 saturated heterocycles. The van der Waals surface area contributed by atoms with Gasteiger partial charge in [0.05, 0.1) is 23.6 Å². The Morgan fingerprint density at radius 2 is 1.49 bits per heavy atom. The zero-order chi connectivity index (χ0) is 27.2. The fourth-order valence-corrected chi connectivity index (χ4v) is 6.22. The molecule has 3 heterocycles. The average Bonchev–Trinajstić information content (AvgIpc) is 3.34. The van der Waals surface area contributed by atoms with Crippen LogP contribution in [0.2, 0.25) is 0 Å². The molecule has 0 saturated carbocycles. The van der Waals surface area contributed by atoms with Crippen molar-refractivity contribution in [2.45, 2.75) is 78.9 Å². The van der Waals surface area contributed by atoms with Gasteiger partial charge in [-0.2, -0.15) is 0 Å². The van der Waals surface area contributed by atoms with Gasteiger partial charge in [0, 0.05) is 36.1 Å². The van der Waals surface area contributed by atoms with Crippen LogP contribution >= 0.6 is 11.3 Å². The predicted molar refractivity (Wildman–Crippen MR) is 152 cm³/mol. The van der Waals surface area contributed by atoms with E-state index in [9.17, 15) is 9.59 Å². The summed E-state index contributed by atoms with van der Waals surface area (Å²) in [6, 6.07) is -0.0343. The molecule has 1 aliphatic carbocycles. The molecular formula is C29H47N5O2S. The van der Waals surface area contributed by atoms with E-state index < -0.39 is 0 Å². The Morgan fingerprint density at radius 3 is 1.92 bits per heavy atom. The highest BCUT2D eigenvalue weighted by molar-refractivity contribution is 7.11. The highest BCUT2D eigenvalue weighted by atomic mass is 32.1. The van der Waals surface area contributed by atoms with E-state index in [0.717, 1.165) is 50.3 Å². The Bertz CT molecular complexity index is 985. The van der Waals surface area contributed by atoms with E-state index in [1.807, 2.05) is 37.0 Å². The summed E-state index contributed by atoms with van der Waals surface area (Å²) < 4.78 is 0. The van der Waals surface area contributed by atoms with Gasteiger partial charge in [-0.1, -0.05) is 45.9 Å². The Hall–Kier alpha value is -2.03. The van der Waals surface area contributed by atoms with Gasteiger partial charge in [0.25, 0.3) is 0 Å². The van der Waals surface area contributed by atoms with E-state index >= 15 is 0 Å². The molecule has 4 rings (SSSR count). The molecular weight excluding hydrogens is 482 g/mol. The number of carbonyl (C=O) groups excluding carboxylic acids is 2. The molecule has 0 radical (unpaired) electrons. The Morgan fingerprint density at radius 1 is 0.946 bits per heavy atom. The molecule has 2 aliphatic heterocycles. The molecule has 0 bridgehead atoms. The standard InChI is InChI=1S/C16H26N2O.C13H21N3OS/c1-12-5-6-14(17-4)15(19)18(10-12)11-13-7-8-16(2,3)9-13;1-9-4-5-12(14-3)13(17)16(7-9)8-11-6-15-10(2)18-11/h7-9,12,14,17H,5-6,10-11H2,1-4H3;6,9,12,14H,4-5,7-8H2,1-3H3. The lowest BCUT2D eigenvalue weighted by molar-refractivity contribution is -0.134. The van der Waals surface area contributed by atoms with Crippen molar-refractivity contribution >= 4 is 23.2 Å². The zero-order valence-electron chi connectivity index (χ0n) is 23.8. The summed E-state index contributed by atoms with van der Waals surface area (Å²) in [5, 5.41) is 7.35. The van der Waals surface area contributed by atoms with Crippen molar-refractivity contribution in [1.29, 1.82) is 0 Å². The molecule has 0 aromatic carbocycles. The molecule has 1 aromatic rings. The van der Waals surface area contributed by atoms with Crippen LogP contribution < -0.4 is 10.6 Å². The highest BCUT2D eigenvalue weighted by Crippen LogP contribution is 2.29. The lowest BCUT2D eigenvalue weighted by Gasteiger charge is -2.25. The number of thiazole rings is 1. The molecule has 4 atom stereocenters. The van der Waals surface area contributed by atoms with E-state index in [-0.39, 0.29) is 29.3 Å². The van der Waals surface area contributed by atoms with Gasteiger partial charge in [-0.25, -0.2) is 4.98 Å². The van der Waals surface area contributed by atoms with Crippen LogP contribution in [0, 0.1) is 24.2 Å². The molecule has 4 unspecified atom stereocenters. The number of likely N-dealkylation sites (N-methyl/N-ethyl adjacent to an activating group) is 2. The highest BCUT2D eigenvalue weighted by Gasteiger charge is 2.30. The first-order chi connectivity index (χ1) is 17.5. The van der Waals surface area contributed by atoms with Crippen LogP contribution in [0.25, 0.3) is 0 Å². The molecule has 2 amide bonds. The van der Waals surface area contributed by atoms with Crippen molar-refractivity contribution in [2.24, 2.45) is 17.3 Å². The van der Waals surface area contributed by atoms with Crippen LogP contribution in [0.15, 0.2) is 30.0 Å². The third-order valence-electron chi connectivity index (χ3n) is 7.55. The van der Waals surface area contributed by atoms with Gasteiger partial charge in [0.15, 0.2) is 0 Å². The largest absolute Gasteiger partial charge is 0.337 e. The van der Waals surface area contributed by atoms with Crippen LogP contribution in [-0.4, -0.2) is 72.4 Å². The summed E-state index contributed by atoms with van der Waals surface area (Å²) in [6.07, 6.45) is 12.6. The monoisotopic (exact) mass is 529 g/mol. The molecule has 2 N–H and O–H groups in total. The number of carbonyl (C=O) groups is 2. The maximum absolute atomic E-state index is 12.5. The van der Waals surface area contributed by atoms with Gasteiger partial charge in [0.2, 0.25) is 11.8 Å². The van der Waals surface area contributed by atoms with Crippen molar-refractivity contribution in [3.05, 3.63) is 39.9 Å². The fraction of sp³-hybridized carbons (Fsp3) is 0.690. The van der Waals surface area contributed by atoms with Crippen molar-refractivity contribution in [2.75, 3.05) is 33.7 Å². The van der Waals surface area contributed by atoms with Crippen LogP contribution in [0.4, 0.5) is 0 Å². The number of aryl methyl sites for hydroxylation is 1. The first kappa shape index (κ1) is 29.5. The number of rotatable bonds is 6. The number of aromatic nitrogens is 1. The summed E-state index contributed by atoms with van der Waals surface area (Å²) in [5.74, 6) is 1.64. The fourth-order valence-electron chi connectivity index (χ4n) is 5.41. The third-order valence-corrected chi connectivity index (χ3v) is 8.45. The number of nitrogens with one attached hydrogen (secondary N) is 2. The third kappa shape index (κ3) is 8.48. The van der Waals surface area contributed by atoms with Crippen molar-refractivity contribution < 1.29 is 9.59 Å². The smallest absolute Gasteiger partial charge is 0.240 e. The summed E-state index contributed by atoms with van der Waals surface area (Å²) in [6.45, 7) is 14.0. The molecule has 2 fully saturated rings. The Labute approximate surface area is 227 Å². The quantitative estimate of drug-likeness (QED) is 0.579. The van der Waals surface area contributed by atoms with E-state index in [2.05, 4.69) is 61.5 Å². The number of allylic oxidation sites excluding steroid dienone is 2. The lowest BCUT2D eigenvalue weighted by atomic mass is 9.96. The number of nitrogens with zero attached hydrogens (tertiary/aromatic N) is 3. The molecule has 8 heteroatoms. The molecule has 37 heavy (non-hydrogen) atoms.